The van der Waals surface area contributed by atoms with Crippen LogP contribution in [0.25, 0.3) is 0 Å². The van der Waals surface area contributed by atoms with Crippen LogP contribution < -0.4 is 5.73 Å². The number of rotatable bonds is 8. The second-order valence-electron chi connectivity index (χ2n) is 3.68. The van der Waals surface area contributed by atoms with E-state index in [0.29, 0.717) is 12.3 Å². The van der Waals surface area contributed by atoms with Crippen molar-refractivity contribution in [3.05, 3.63) is 0 Å². The molecular formula is C10H21NO2. The number of carboxylic acid groups (broad SMARTS) is 1. The Hall–Kier alpha value is -0.570. The molecule has 78 valence electrons. The summed E-state index contributed by atoms with van der Waals surface area (Å²) < 4.78 is 0. The minimum atomic E-state index is -0.686. The molecule has 0 fully saturated rings. The lowest BCUT2D eigenvalue weighted by atomic mass is 9.98. The molecule has 0 aromatic carbocycles. The van der Waals surface area contributed by atoms with Crippen molar-refractivity contribution in [2.24, 2.45) is 11.7 Å². The van der Waals surface area contributed by atoms with Gasteiger partial charge in [-0.25, -0.2) is 0 Å². The summed E-state index contributed by atoms with van der Waals surface area (Å²) in [6, 6.07) is 0. The van der Waals surface area contributed by atoms with E-state index in [1.165, 1.54) is 12.8 Å². The van der Waals surface area contributed by atoms with Gasteiger partial charge in [-0.1, -0.05) is 26.2 Å². The lowest BCUT2D eigenvalue weighted by molar-refractivity contribution is -0.137. The predicted octanol–water partition coefficient (Wildman–Crippen LogP) is 2.01. The molecule has 0 aromatic heterocycles. The van der Waals surface area contributed by atoms with Gasteiger partial charge in [0.15, 0.2) is 0 Å². The van der Waals surface area contributed by atoms with Gasteiger partial charge in [-0.15, -0.1) is 0 Å². The average Bonchev–Trinajstić information content (AvgIpc) is 2.04. The fraction of sp³-hybridized carbons (Fsp3) is 0.900. The highest BCUT2D eigenvalue weighted by Gasteiger charge is 2.03. The Balaban J connectivity index is 3.19. The van der Waals surface area contributed by atoms with Crippen molar-refractivity contribution >= 4 is 5.97 Å². The van der Waals surface area contributed by atoms with Gasteiger partial charge in [0.25, 0.3) is 0 Å². The molecule has 0 rings (SSSR count). The van der Waals surface area contributed by atoms with E-state index < -0.39 is 5.97 Å². The first-order valence-electron chi connectivity index (χ1n) is 5.08. The maximum absolute atomic E-state index is 10.2. The number of unbranched alkanes of at least 4 members (excludes halogenated alkanes) is 1. The molecule has 0 saturated carbocycles. The standard InChI is InChI=1S/C10H21NO2/c1-9(5-2-3-8-11)6-4-7-10(12)13/h9H,2-8,11H2,1H3,(H,12,13). The van der Waals surface area contributed by atoms with Crippen LogP contribution in [0.3, 0.4) is 0 Å². The molecular weight excluding hydrogens is 166 g/mol. The molecule has 0 amide bonds. The normalized spacial score (nSPS) is 12.8. The van der Waals surface area contributed by atoms with Crippen molar-refractivity contribution in [1.82, 2.24) is 0 Å². The lowest BCUT2D eigenvalue weighted by Gasteiger charge is -2.09. The molecule has 3 N–H and O–H groups in total. The molecule has 0 heterocycles. The van der Waals surface area contributed by atoms with Crippen molar-refractivity contribution < 1.29 is 9.90 Å². The second kappa shape index (κ2) is 8.05. The van der Waals surface area contributed by atoms with Crippen LogP contribution in [0.1, 0.15) is 45.4 Å². The van der Waals surface area contributed by atoms with E-state index in [-0.39, 0.29) is 0 Å². The van der Waals surface area contributed by atoms with Crippen molar-refractivity contribution in [3.63, 3.8) is 0 Å². The number of hydrogen-bond donors (Lipinski definition) is 2. The maximum atomic E-state index is 10.2. The van der Waals surface area contributed by atoms with E-state index >= 15 is 0 Å². The van der Waals surface area contributed by atoms with Crippen LogP contribution in [-0.2, 0) is 4.79 Å². The van der Waals surface area contributed by atoms with Gasteiger partial charge in [-0.2, -0.15) is 0 Å². The van der Waals surface area contributed by atoms with E-state index in [1.54, 1.807) is 0 Å². The van der Waals surface area contributed by atoms with Gasteiger partial charge >= 0.3 is 5.97 Å². The Bertz CT molecular complexity index is 137. The van der Waals surface area contributed by atoms with Crippen LogP contribution in [0.5, 0.6) is 0 Å². The van der Waals surface area contributed by atoms with Crippen LogP contribution in [0.15, 0.2) is 0 Å². The third-order valence-electron chi connectivity index (χ3n) is 2.24. The molecule has 0 aliphatic carbocycles. The second-order valence-corrected chi connectivity index (χ2v) is 3.68. The van der Waals surface area contributed by atoms with Gasteiger partial charge in [-0.3, -0.25) is 4.79 Å². The zero-order valence-corrected chi connectivity index (χ0v) is 8.46. The summed E-state index contributed by atoms with van der Waals surface area (Å²) in [7, 11) is 0. The number of aliphatic carboxylic acids is 1. The van der Waals surface area contributed by atoms with Gasteiger partial charge in [-0.05, 0) is 25.3 Å². The van der Waals surface area contributed by atoms with Crippen LogP contribution in [0.4, 0.5) is 0 Å². The molecule has 3 heteroatoms. The fourth-order valence-corrected chi connectivity index (χ4v) is 1.38. The fourth-order valence-electron chi connectivity index (χ4n) is 1.38. The van der Waals surface area contributed by atoms with Gasteiger partial charge in [0, 0.05) is 6.42 Å². The molecule has 0 spiro atoms. The Morgan fingerprint density at radius 1 is 1.31 bits per heavy atom. The molecule has 3 nitrogen and oxygen atoms in total. The third-order valence-corrected chi connectivity index (χ3v) is 2.24. The van der Waals surface area contributed by atoms with Gasteiger partial charge in [0.2, 0.25) is 0 Å². The van der Waals surface area contributed by atoms with Crippen LogP contribution in [-0.4, -0.2) is 17.6 Å². The van der Waals surface area contributed by atoms with E-state index in [1.807, 2.05) is 0 Å². The minimum Gasteiger partial charge on any atom is -0.481 e. The molecule has 0 aliphatic heterocycles. The maximum Gasteiger partial charge on any atom is 0.303 e. The van der Waals surface area contributed by atoms with Crippen LogP contribution in [0, 0.1) is 5.92 Å². The minimum absolute atomic E-state index is 0.307. The van der Waals surface area contributed by atoms with Crippen LogP contribution in [0.2, 0.25) is 0 Å². The van der Waals surface area contributed by atoms with Gasteiger partial charge in [0.05, 0.1) is 0 Å². The zero-order valence-electron chi connectivity index (χ0n) is 8.46. The number of carbonyl (C=O) groups is 1. The van der Waals surface area contributed by atoms with E-state index in [4.69, 9.17) is 10.8 Å². The summed E-state index contributed by atoms with van der Waals surface area (Å²) in [5, 5.41) is 8.42. The first kappa shape index (κ1) is 12.4. The number of carboxylic acids is 1. The molecule has 13 heavy (non-hydrogen) atoms. The molecule has 0 bridgehead atoms. The van der Waals surface area contributed by atoms with Crippen molar-refractivity contribution in [2.75, 3.05) is 6.54 Å². The topological polar surface area (TPSA) is 63.3 Å². The van der Waals surface area contributed by atoms with Crippen molar-refractivity contribution in [3.8, 4) is 0 Å². The third kappa shape index (κ3) is 9.34. The lowest BCUT2D eigenvalue weighted by Crippen LogP contribution is -2.02. The summed E-state index contributed by atoms with van der Waals surface area (Å²) in [5.41, 5.74) is 5.38. The monoisotopic (exact) mass is 187 g/mol. The summed E-state index contributed by atoms with van der Waals surface area (Å²) in [6.45, 7) is 2.94. The van der Waals surface area contributed by atoms with E-state index in [2.05, 4.69) is 6.92 Å². The largest absolute Gasteiger partial charge is 0.481 e. The first-order valence-corrected chi connectivity index (χ1v) is 5.08. The molecule has 0 radical (unpaired) electrons. The Morgan fingerprint density at radius 2 is 1.92 bits per heavy atom. The van der Waals surface area contributed by atoms with Crippen molar-refractivity contribution in [2.45, 2.75) is 45.4 Å². The summed E-state index contributed by atoms with van der Waals surface area (Å²) in [6.07, 6.45) is 5.57. The number of hydrogen-bond acceptors (Lipinski definition) is 2. The van der Waals surface area contributed by atoms with E-state index in [0.717, 1.165) is 25.8 Å². The Labute approximate surface area is 80.3 Å². The molecule has 0 aliphatic rings. The molecule has 0 saturated heterocycles. The Kier molecular flexibility index (Phi) is 7.69. The first-order chi connectivity index (χ1) is 6.16. The van der Waals surface area contributed by atoms with E-state index in [9.17, 15) is 4.79 Å². The Morgan fingerprint density at radius 3 is 2.46 bits per heavy atom. The smallest absolute Gasteiger partial charge is 0.303 e. The molecule has 1 unspecified atom stereocenters. The number of nitrogens with two attached hydrogens (primary N) is 1. The average molecular weight is 187 g/mol. The predicted molar refractivity (Wildman–Crippen MR) is 53.6 cm³/mol. The summed E-state index contributed by atoms with van der Waals surface area (Å²) in [4.78, 5) is 10.2. The summed E-state index contributed by atoms with van der Waals surface area (Å²) in [5.74, 6) is -0.0416. The SMILES string of the molecule is CC(CCCCN)CCCC(=O)O. The highest BCUT2D eigenvalue weighted by molar-refractivity contribution is 5.66. The van der Waals surface area contributed by atoms with Crippen LogP contribution >= 0.6 is 0 Å². The quantitative estimate of drug-likeness (QED) is 0.571. The van der Waals surface area contributed by atoms with Crippen molar-refractivity contribution in [1.29, 1.82) is 0 Å². The molecule has 1 atom stereocenters. The zero-order chi connectivity index (χ0) is 10.1. The highest BCUT2D eigenvalue weighted by Crippen LogP contribution is 2.14. The van der Waals surface area contributed by atoms with Gasteiger partial charge < -0.3 is 10.8 Å². The summed E-state index contributed by atoms with van der Waals surface area (Å²) >= 11 is 0. The molecule has 0 aromatic rings. The van der Waals surface area contributed by atoms with Gasteiger partial charge in [0.1, 0.15) is 0 Å². The highest BCUT2D eigenvalue weighted by atomic mass is 16.4.